The molecule has 20 heavy (non-hydrogen) atoms. The van der Waals surface area contributed by atoms with Crippen molar-refractivity contribution in [2.24, 2.45) is 5.73 Å². The third kappa shape index (κ3) is 3.84. The van der Waals surface area contributed by atoms with E-state index in [1.807, 2.05) is 6.92 Å². The maximum Gasteiger partial charge on any atom is 0.0482 e. The van der Waals surface area contributed by atoms with Gasteiger partial charge in [0, 0.05) is 37.5 Å². The number of nitrogens with two attached hydrogens (primary N) is 1. The number of benzene rings is 1. The number of ether oxygens (including phenoxy) is 1. The van der Waals surface area contributed by atoms with Gasteiger partial charge in [0.1, 0.15) is 0 Å². The highest BCUT2D eigenvalue weighted by molar-refractivity contribution is 5.80. The lowest BCUT2D eigenvalue weighted by Crippen LogP contribution is -2.21. The topological polar surface area (TPSA) is 40.2 Å². The van der Waals surface area contributed by atoms with E-state index in [1.165, 1.54) is 16.5 Å². The fourth-order valence-electron chi connectivity index (χ4n) is 2.50. The summed E-state index contributed by atoms with van der Waals surface area (Å²) in [6, 6.07) is 9.15. The standard InChI is InChI=1S/C17H26N2O/c1-3-16(18)13-14-6-7-17-15(12-14)8-10-19(17)9-5-11-20-4-2/h6-8,10,12,16H,3-5,9,11,13,18H2,1-2H3. The van der Waals surface area contributed by atoms with Crippen molar-refractivity contribution in [1.82, 2.24) is 4.57 Å². The molecule has 0 spiro atoms. The minimum Gasteiger partial charge on any atom is -0.382 e. The van der Waals surface area contributed by atoms with Gasteiger partial charge < -0.3 is 15.0 Å². The van der Waals surface area contributed by atoms with Crippen LogP contribution in [0.2, 0.25) is 0 Å². The van der Waals surface area contributed by atoms with Gasteiger partial charge in [-0.2, -0.15) is 0 Å². The normalized spacial score (nSPS) is 12.9. The van der Waals surface area contributed by atoms with E-state index in [0.717, 1.165) is 39.0 Å². The Morgan fingerprint density at radius 3 is 2.85 bits per heavy atom. The predicted octanol–water partition coefficient (Wildman–Crippen LogP) is 3.35. The van der Waals surface area contributed by atoms with Crippen LogP contribution in [0.5, 0.6) is 0 Å². The van der Waals surface area contributed by atoms with Gasteiger partial charge in [-0.15, -0.1) is 0 Å². The van der Waals surface area contributed by atoms with Gasteiger partial charge in [0.15, 0.2) is 0 Å². The number of fused-ring (bicyclic) bond motifs is 1. The molecule has 0 saturated carbocycles. The highest BCUT2D eigenvalue weighted by atomic mass is 16.5. The van der Waals surface area contributed by atoms with Crippen LogP contribution in [0.4, 0.5) is 0 Å². The first kappa shape index (κ1) is 15.1. The van der Waals surface area contributed by atoms with Crippen LogP contribution < -0.4 is 5.73 Å². The second kappa shape index (κ2) is 7.46. The summed E-state index contributed by atoms with van der Waals surface area (Å²) < 4.78 is 7.70. The van der Waals surface area contributed by atoms with Crippen LogP contribution in [0, 0.1) is 0 Å². The molecule has 1 unspecified atom stereocenters. The van der Waals surface area contributed by atoms with E-state index in [4.69, 9.17) is 10.5 Å². The summed E-state index contributed by atoms with van der Waals surface area (Å²) in [6.07, 6.45) is 5.21. The average molecular weight is 274 g/mol. The van der Waals surface area contributed by atoms with Gasteiger partial charge in [-0.1, -0.05) is 13.0 Å². The molecule has 0 radical (unpaired) electrons. The number of hydrogen-bond acceptors (Lipinski definition) is 2. The van der Waals surface area contributed by atoms with Crippen molar-refractivity contribution in [2.45, 2.75) is 45.7 Å². The first-order valence-corrected chi connectivity index (χ1v) is 7.65. The number of aromatic nitrogens is 1. The summed E-state index contributed by atoms with van der Waals surface area (Å²) in [5.41, 5.74) is 8.66. The summed E-state index contributed by atoms with van der Waals surface area (Å²) in [5.74, 6) is 0. The molecule has 2 aromatic rings. The first-order valence-electron chi connectivity index (χ1n) is 7.65. The van der Waals surface area contributed by atoms with Crippen molar-refractivity contribution in [3.63, 3.8) is 0 Å². The van der Waals surface area contributed by atoms with Crippen molar-refractivity contribution in [2.75, 3.05) is 13.2 Å². The Kier molecular flexibility index (Phi) is 5.62. The van der Waals surface area contributed by atoms with Gasteiger partial charge in [0.25, 0.3) is 0 Å². The van der Waals surface area contributed by atoms with Gasteiger partial charge >= 0.3 is 0 Å². The molecule has 0 fully saturated rings. The number of aryl methyl sites for hydroxylation is 1. The minimum absolute atomic E-state index is 0.265. The van der Waals surface area contributed by atoms with E-state index < -0.39 is 0 Å². The second-order valence-corrected chi connectivity index (χ2v) is 5.33. The maximum absolute atomic E-state index is 6.03. The quantitative estimate of drug-likeness (QED) is 0.750. The Hall–Kier alpha value is -1.32. The van der Waals surface area contributed by atoms with Crippen molar-refractivity contribution < 1.29 is 4.74 Å². The summed E-state index contributed by atoms with van der Waals surface area (Å²) in [5, 5.41) is 1.31. The smallest absolute Gasteiger partial charge is 0.0482 e. The molecule has 3 nitrogen and oxygen atoms in total. The molecule has 1 atom stereocenters. The van der Waals surface area contributed by atoms with E-state index in [1.54, 1.807) is 0 Å². The summed E-state index contributed by atoms with van der Waals surface area (Å²) in [7, 11) is 0. The Morgan fingerprint density at radius 1 is 1.25 bits per heavy atom. The van der Waals surface area contributed by atoms with E-state index in [-0.39, 0.29) is 6.04 Å². The van der Waals surface area contributed by atoms with E-state index in [2.05, 4.69) is 42.0 Å². The zero-order valence-corrected chi connectivity index (χ0v) is 12.6. The molecule has 2 rings (SSSR count). The van der Waals surface area contributed by atoms with Crippen LogP contribution in [-0.4, -0.2) is 23.8 Å². The molecule has 1 aromatic carbocycles. The molecule has 0 aliphatic carbocycles. The molecule has 2 N–H and O–H groups in total. The molecular formula is C17H26N2O. The van der Waals surface area contributed by atoms with E-state index >= 15 is 0 Å². The lowest BCUT2D eigenvalue weighted by molar-refractivity contribution is 0.142. The molecule has 1 heterocycles. The Morgan fingerprint density at radius 2 is 2.10 bits per heavy atom. The highest BCUT2D eigenvalue weighted by Gasteiger charge is 2.05. The van der Waals surface area contributed by atoms with Crippen molar-refractivity contribution >= 4 is 10.9 Å². The van der Waals surface area contributed by atoms with Crippen LogP contribution in [0.1, 0.15) is 32.3 Å². The van der Waals surface area contributed by atoms with Gasteiger partial charge in [-0.05, 0) is 55.3 Å². The van der Waals surface area contributed by atoms with Crippen LogP contribution in [0.3, 0.4) is 0 Å². The van der Waals surface area contributed by atoms with Crippen molar-refractivity contribution in [1.29, 1.82) is 0 Å². The van der Waals surface area contributed by atoms with E-state index in [0.29, 0.717) is 0 Å². The van der Waals surface area contributed by atoms with E-state index in [9.17, 15) is 0 Å². The second-order valence-electron chi connectivity index (χ2n) is 5.33. The zero-order valence-electron chi connectivity index (χ0n) is 12.6. The third-order valence-corrected chi connectivity index (χ3v) is 3.75. The maximum atomic E-state index is 6.03. The summed E-state index contributed by atoms with van der Waals surface area (Å²) in [4.78, 5) is 0. The van der Waals surface area contributed by atoms with Crippen molar-refractivity contribution in [3.05, 3.63) is 36.0 Å². The Balaban J connectivity index is 2.04. The average Bonchev–Trinajstić information content (AvgIpc) is 2.86. The number of hydrogen-bond donors (Lipinski definition) is 1. The molecule has 110 valence electrons. The van der Waals surface area contributed by atoms with Gasteiger partial charge in [-0.25, -0.2) is 0 Å². The summed E-state index contributed by atoms with van der Waals surface area (Å²) in [6.45, 7) is 6.82. The lowest BCUT2D eigenvalue weighted by atomic mass is 10.0. The summed E-state index contributed by atoms with van der Waals surface area (Å²) >= 11 is 0. The van der Waals surface area contributed by atoms with Crippen LogP contribution in [-0.2, 0) is 17.7 Å². The van der Waals surface area contributed by atoms with Crippen molar-refractivity contribution in [3.8, 4) is 0 Å². The highest BCUT2D eigenvalue weighted by Crippen LogP contribution is 2.19. The lowest BCUT2D eigenvalue weighted by Gasteiger charge is -2.09. The monoisotopic (exact) mass is 274 g/mol. The molecule has 0 aliphatic heterocycles. The largest absolute Gasteiger partial charge is 0.382 e. The Bertz CT molecular complexity index is 533. The van der Waals surface area contributed by atoms with Crippen LogP contribution >= 0.6 is 0 Å². The first-order chi connectivity index (χ1) is 9.74. The molecule has 0 aliphatic rings. The molecule has 0 saturated heterocycles. The van der Waals surface area contributed by atoms with Crippen LogP contribution in [0.25, 0.3) is 10.9 Å². The molecule has 3 heteroatoms. The molecule has 0 bridgehead atoms. The fourth-order valence-corrected chi connectivity index (χ4v) is 2.50. The SMILES string of the molecule is CCOCCCn1ccc2cc(CC(N)CC)ccc21. The van der Waals surface area contributed by atoms with Gasteiger partial charge in [0.2, 0.25) is 0 Å². The third-order valence-electron chi connectivity index (χ3n) is 3.75. The number of nitrogens with zero attached hydrogens (tertiary/aromatic N) is 1. The predicted molar refractivity (Wildman–Crippen MR) is 85.0 cm³/mol. The molecular weight excluding hydrogens is 248 g/mol. The van der Waals surface area contributed by atoms with Gasteiger partial charge in [0.05, 0.1) is 0 Å². The molecule has 0 amide bonds. The van der Waals surface area contributed by atoms with Crippen LogP contribution in [0.15, 0.2) is 30.5 Å². The van der Waals surface area contributed by atoms with Gasteiger partial charge in [-0.3, -0.25) is 0 Å². The minimum atomic E-state index is 0.265. The fraction of sp³-hybridized carbons (Fsp3) is 0.529. The molecule has 1 aromatic heterocycles. The number of rotatable bonds is 8. The Labute approximate surface area is 121 Å². The zero-order chi connectivity index (χ0) is 14.4.